The van der Waals surface area contributed by atoms with E-state index in [4.69, 9.17) is 11.6 Å². The Morgan fingerprint density at radius 1 is 1.25 bits per heavy atom. The lowest BCUT2D eigenvalue weighted by Crippen LogP contribution is -2.39. The number of carbonyl (C=O) groups is 3. The maximum absolute atomic E-state index is 13.2. The number of nitrogens with one attached hydrogen (secondary N) is 1. The number of nitrogens with zero attached hydrogens (tertiary/aromatic N) is 2. The van der Waals surface area contributed by atoms with E-state index in [-0.39, 0.29) is 31.3 Å². The molecule has 3 rings (SSSR count). The molecule has 0 unspecified atom stereocenters. The number of para-hydroxylation sites is 1. The zero-order valence-corrected chi connectivity index (χ0v) is 15.9. The molecule has 0 aliphatic carbocycles. The summed E-state index contributed by atoms with van der Waals surface area (Å²) in [5.41, 5.74) is 0.878. The zero-order valence-electron chi connectivity index (χ0n) is 15.2. The monoisotopic (exact) mass is 403 g/mol. The summed E-state index contributed by atoms with van der Waals surface area (Å²) in [6, 6.07) is 12.4. The Hall–Kier alpha value is -2.93. The van der Waals surface area contributed by atoms with Crippen LogP contribution in [0, 0.1) is 11.7 Å². The Morgan fingerprint density at radius 3 is 2.71 bits per heavy atom. The molecule has 1 heterocycles. The Bertz CT molecular complexity index is 921. The van der Waals surface area contributed by atoms with E-state index in [0.717, 1.165) is 0 Å². The van der Waals surface area contributed by atoms with Crippen LogP contribution in [0.1, 0.15) is 6.42 Å². The molecule has 1 saturated heterocycles. The van der Waals surface area contributed by atoms with Crippen LogP contribution in [-0.2, 0) is 14.4 Å². The first-order valence-corrected chi connectivity index (χ1v) is 9.08. The molecule has 1 fully saturated rings. The van der Waals surface area contributed by atoms with E-state index in [1.165, 1.54) is 35.0 Å². The van der Waals surface area contributed by atoms with Crippen LogP contribution >= 0.6 is 11.6 Å². The van der Waals surface area contributed by atoms with Gasteiger partial charge in [0.05, 0.1) is 23.2 Å². The van der Waals surface area contributed by atoms with Crippen LogP contribution in [0.5, 0.6) is 0 Å². The van der Waals surface area contributed by atoms with Gasteiger partial charge in [-0.3, -0.25) is 14.4 Å². The summed E-state index contributed by atoms with van der Waals surface area (Å²) < 4.78 is 13.2. The molecule has 0 saturated carbocycles. The van der Waals surface area contributed by atoms with Gasteiger partial charge < -0.3 is 15.1 Å². The van der Waals surface area contributed by atoms with Gasteiger partial charge in [0, 0.05) is 25.7 Å². The minimum Gasteiger partial charge on any atom is -0.336 e. The van der Waals surface area contributed by atoms with E-state index in [0.29, 0.717) is 16.4 Å². The molecule has 6 nitrogen and oxygen atoms in total. The predicted molar refractivity (Wildman–Crippen MR) is 105 cm³/mol. The third kappa shape index (κ3) is 4.48. The molecule has 0 aromatic heterocycles. The number of anilines is 2. The minimum absolute atomic E-state index is 0.0555. The normalized spacial score (nSPS) is 16.2. The summed E-state index contributed by atoms with van der Waals surface area (Å²) in [6.07, 6.45) is 0.0555. The average Bonchev–Trinajstić information content (AvgIpc) is 3.02. The molecule has 1 atom stereocenters. The second-order valence-corrected chi connectivity index (χ2v) is 7.02. The molecule has 0 radical (unpaired) electrons. The minimum atomic E-state index is -0.559. The molecule has 1 aliphatic rings. The summed E-state index contributed by atoms with van der Waals surface area (Å²) >= 11 is 6.15. The molecule has 8 heteroatoms. The number of carbonyl (C=O) groups excluding carboxylic acids is 3. The first kappa shape index (κ1) is 19.8. The van der Waals surface area contributed by atoms with Crippen LogP contribution in [0.15, 0.2) is 48.5 Å². The lowest BCUT2D eigenvalue weighted by Gasteiger charge is -2.21. The summed E-state index contributed by atoms with van der Waals surface area (Å²) in [4.78, 5) is 39.9. The quantitative estimate of drug-likeness (QED) is 0.834. The topological polar surface area (TPSA) is 69.7 Å². The first-order valence-electron chi connectivity index (χ1n) is 8.70. The lowest BCUT2D eigenvalue weighted by atomic mass is 10.1. The summed E-state index contributed by atoms with van der Waals surface area (Å²) in [5, 5.41) is 2.98. The molecular formula is C20H19ClFN3O3. The maximum atomic E-state index is 13.2. The summed E-state index contributed by atoms with van der Waals surface area (Å²) in [6.45, 7) is 0.00336. The van der Waals surface area contributed by atoms with Gasteiger partial charge in [-0.1, -0.05) is 29.8 Å². The van der Waals surface area contributed by atoms with Crippen molar-refractivity contribution in [2.45, 2.75) is 6.42 Å². The van der Waals surface area contributed by atoms with Crippen molar-refractivity contribution in [3.63, 3.8) is 0 Å². The first-order chi connectivity index (χ1) is 13.3. The van der Waals surface area contributed by atoms with Gasteiger partial charge in [0.25, 0.3) is 0 Å². The van der Waals surface area contributed by atoms with Crippen LogP contribution in [0.25, 0.3) is 0 Å². The van der Waals surface area contributed by atoms with Gasteiger partial charge in [-0.25, -0.2) is 4.39 Å². The highest BCUT2D eigenvalue weighted by molar-refractivity contribution is 6.33. The van der Waals surface area contributed by atoms with Gasteiger partial charge in [-0.05, 0) is 30.3 Å². The Labute approximate surface area is 166 Å². The fraction of sp³-hybridized carbons (Fsp3) is 0.250. The highest BCUT2D eigenvalue weighted by Crippen LogP contribution is 2.31. The molecule has 2 aromatic rings. The van der Waals surface area contributed by atoms with Gasteiger partial charge in [0.2, 0.25) is 17.7 Å². The highest BCUT2D eigenvalue weighted by atomic mass is 35.5. The molecule has 146 valence electrons. The van der Waals surface area contributed by atoms with Gasteiger partial charge in [0.1, 0.15) is 5.82 Å². The molecule has 1 aliphatic heterocycles. The van der Waals surface area contributed by atoms with Gasteiger partial charge in [-0.2, -0.15) is 0 Å². The van der Waals surface area contributed by atoms with Crippen molar-refractivity contribution in [2.75, 3.05) is 30.4 Å². The van der Waals surface area contributed by atoms with E-state index in [1.807, 2.05) is 0 Å². The van der Waals surface area contributed by atoms with Crippen molar-refractivity contribution in [3.8, 4) is 0 Å². The smallest absolute Gasteiger partial charge is 0.243 e. The predicted octanol–water partition coefficient (Wildman–Crippen LogP) is 2.93. The van der Waals surface area contributed by atoms with Crippen molar-refractivity contribution in [1.82, 2.24) is 4.90 Å². The SMILES string of the molecule is CN(CC(=O)Nc1cccc(F)c1)C(=O)[C@@H]1CC(=O)N(c2ccccc2Cl)C1. The second-order valence-electron chi connectivity index (χ2n) is 6.61. The Kier molecular flexibility index (Phi) is 5.94. The van der Waals surface area contributed by atoms with E-state index in [9.17, 15) is 18.8 Å². The number of benzene rings is 2. The van der Waals surface area contributed by atoms with Crippen molar-refractivity contribution in [2.24, 2.45) is 5.92 Å². The van der Waals surface area contributed by atoms with Crippen LogP contribution < -0.4 is 10.2 Å². The van der Waals surface area contributed by atoms with Crippen molar-refractivity contribution < 1.29 is 18.8 Å². The summed E-state index contributed by atoms with van der Waals surface area (Å²) in [5.74, 6) is -1.97. The van der Waals surface area contributed by atoms with Crippen LogP contribution in [0.2, 0.25) is 5.02 Å². The van der Waals surface area contributed by atoms with E-state index < -0.39 is 17.6 Å². The fourth-order valence-electron chi connectivity index (χ4n) is 3.15. The van der Waals surface area contributed by atoms with Gasteiger partial charge in [-0.15, -0.1) is 0 Å². The number of amides is 3. The molecule has 0 bridgehead atoms. The highest BCUT2D eigenvalue weighted by Gasteiger charge is 2.37. The standard InChI is InChI=1S/C20H19ClFN3O3/c1-24(12-18(26)23-15-6-4-5-14(22)10-15)20(28)13-9-19(27)25(11-13)17-8-3-2-7-16(17)21/h2-8,10,13H,9,11-12H2,1H3,(H,23,26)/t13-/m1/s1. The molecule has 2 aromatic carbocycles. The van der Waals surface area contributed by atoms with Gasteiger partial charge in [0.15, 0.2) is 0 Å². The largest absolute Gasteiger partial charge is 0.336 e. The van der Waals surface area contributed by atoms with Crippen molar-refractivity contribution in [1.29, 1.82) is 0 Å². The zero-order chi connectivity index (χ0) is 20.3. The molecule has 3 amide bonds. The van der Waals surface area contributed by atoms with Crippen LogP contribution in [-0.4, -0.2) is 42.8 Å². The van der Waals surface area contributed by atoms with Crippen molar-refractivity contribution >= 4 is 40.7 Å². The Morgan fingerprint density at radius 2 is 2.00 bits per heavy atom. The summed E-state index contributed by atoms with van der Waals surface area (Å²) in [7, 11) is 1.50. The third-order valence-electron chi connectivity index (χ3n) is 4.48. The van der Waals surface area contributed by atoms with E-state index >= 15 is 0 Å². The number of rotatable bonds is 5. The third-order valence-corrected chi connectivity index (χ3v) is 4.80. The number of hydrogen-bond acceptors (Lipinski definition) is 3. The lowest BCUT2D eigenvalue weighted by molar-refractivity contribution is -0.137. The number of halogens is 2. The molecule has 1 N–H and O–H groups in total. The van der Waals surface area contributed by atoms with E-state index in [2.05, 4.69) is 5.32 Å². The molecule has 28 heavy (non-hydrogen) atoms. The Balaban J connectivity index is 1.60. The second kappa shape index (κ2) is 8.39. The van der Waals surface area contributed by atoms with Crippen LogP contribution in [0.4, 0.5) is 15.8 Å². The van der Waals surface area contributed by atoms with Crippen LogP contribution in [0.3, 0.4) is 0 Å². The van der Waals surface area contributed by atoms with E-state index in [1.54, 1.807) is 30.3 Å². The fourth-order valence-corrected chi connectivity index (χ4v) is 3.39. The van der Waals surface area contributed by atoms with Crippen molar-refractivity contribution in [3.05, 3.63) is 59.4 Å². The number of hydrogen-bond donors (Lipinski definition) is 1. The molecular weight excluding hydrogens is 385 g/mol. The van der Waals surface area contributed by atoms with Gasteiger partial charge >= 0.3 is 0 Å². The number of likely N-dealkylation sites (N-methyl/N-ethyl adjacent to an activating group) is 1. The average molecular weight is 404 g/mol. The maximum Gasteiger partial charge on any atom is 0.243 e. The molecule has 0 spiro atoms.